The largest absolute Gasteiger partial charge is 0.317 e. The number of benzene rings is 1. The molecule has 0 fully saturated rings. The van der Waals surface area contributed by atoms with Gasteiger partial charge in [0.1, 0.15) is 0 Å². The number of rotatable bonds is 7. The van der Waals surface area contributed by atoms with Crippen LogP contribution < -0.4 is 0 Å². The average Bonchev–Trinajstić information content (AvgIpc) is 2.83. The summed E-state index contributed by atoms with van der Waals surface area (Å²) in [6, 6.07) is 8.46. The third kappa shape index (κ3) is 4.92. The summed E-state index contributed by atoms with van der Waals surface area (Å²) in [5.74, 6) is 0.348. The molecule has 1 aromatic heterocycles. The quantitative estimate of drug-likeness (QED) is 0.771. The minimum Gasteiger partial charge on any atom is -0.317 e. The third-order valence-electron chi connectivity index (χ3n) is 3.79. The lowest BCUT2D eigenvalue weighted by Crippen LogP contribution is -2.21. The number of hydrogen-bond acceptors (Lipinski definition) is 4. The van der Waals surface area contributed by atoms with Crippen molar-refractivity contribution in [3.8, 4) is 0 Å². The molecule has 1 aromatic carbocycles. The van der Waals surface area contributed by atoms with E-state index in [-0.39, 0.29) is 5.16 Å². The minimum atomic E-state index is -3.32. The first kappa shape index (κ1) is 18.7. The molecule has 0 N–H and O–H groups in total. The van der Waals surface area contributed by atoms with Crippen LogP contribution in [0.1, 0.15) is 30.7 Å². The Morgan fingerprint density at radius 1 is 1.17 bits per heavy atom. The first-order valence-corrected chi connectivity index (χ1v) is 10.0. The van der Waals surface area contributed by atoms with Crippen LogP contribution in [0, 0.1) is 12.8 Å². The molecule has 24 heavy (non-hydrogen) atoms. The molecule has 0 saturated carbocycles. The molecule has 0 bridgehead atoms. The molecule has 0 saturated heterocycles. The van der Waals surface area contributed by atoms with Crippen LogP contribution in [0.4, 0.5) is 0 Å². The molecule has 1 heterocycles. The molecular formula is C18H27N3O2S. The van der Waals surface area contributed by atoms with Crippen molar-refractivity contribution in [1.29, 1.82) is 0 Å². The summed E-state index contributed by atoms with van der Waals surface area (Å²) in [5.41, 5.74) is 3.41. The van der Waals surface area contributed by atoms with E-state index in [0.717, 1.165) is 12.2 Å². The molecule has 2 rings (SSSR count). The van der Waals surface area contributed by atoms with Crippen LogP contribution in [0.3, 0.4) is 0 Å². The number of aryl methyl sites for hydroxylation is 1. The summed E-state index contributed by atoms with van der Waals surface area (Å²) < 4.78 is 25.8. The van der Waals surface area contributed by atoms with Gasteiger partial charge in [0.25, 0.3) is 0 Å². The van der Waals surface area contributed by atoms with Gasteiger partial charge in [0.2, 0.25) is 15.0 Å². The number of aromatic nitrogens is 2. The molecule has 0 amide bonds. The van der Waals surface area contributed by atoms with E-state index < -0.39 is 9.84 Å². The van der Waals surface area contributed by atoms with E-state index in [2.05, 4.69) is 54.9 Å². The Balaban J connectivity index is 2.19. The van der Waals surface area contributed by atoms with E-state index in [1.165, 1.54) is 17.4 Å². The summed E-state index contributed by atoms with van der Waals surface area (Å²) >= 11 is 0. The predicted octanol–water partition coefficient (Wildman–Crippen LogP) is 2.88. The maximum absolute atomic E-state index is 12.0. The van der Waals surface area contributed by atoms with Crippen LogP contribution in [-0.4, -0.2) is 36.2 Å². The molecule has 0 aliphatic rings. The molecule has 132 valence electrons. The molecule has 0 radical (unpaired) electrons. The zero-order valence-electron chi connectivity index (χ0n) is 15.2. The van der Waals surface area contributed by atoms with Gasteiger partial charge in [0, 0.05) is 25.9 Å². The van der Waals surface area contributed by atoms with E-state index in [0.29, 0.717) is 19.0 Å². The van der Waals surface area contributed by atoms with Crippen molar-refractivity contribution >= 4 is 9.84 Å². The van der Waals surface area contributed by atoms with Crippen molar-refractivity contribution in [2.45, 2.75) is 45.6 Å². The van der Waals surface area contributed by atoms with Gasteiger partial charge in [0.15, 0.2) is 0 Å². The second kappa shape index (κ2) is 7.49. The predicted molar refractivity (Wildman–Crippen MR) is 96.5 cm³/mol. The Morgan fingerprint density at radius 2 is 1.79 bits per heavy atom. The van der Waals surface area contributed by atoms with Crippen LogP contribution in [-0.2, 0) is 29.5 Å². The summed E-state index contributed by atoms with van der Waals surface area (Å²) in [6.45, 7) is 8.34. The van der Waals surface area contributed by atoms with E-state index in [4.69, 9.17) is 0 Å². The van der Waals surface area contributed by atoms with Crippen molar-refractivity contribution in [2.24, 2.45) is 5.92 Å². The molecule has 0 spiro atoms. The normalized spacial score (nSPS) is 12.3. The third-order valence-corrected chi connectivity index (χ3v) is 4.78. The Kier molecular flexibility index (Phi) is 5.83. The zero-order chi connectivity index (χ0) is 17.9. The SMILES string of the molecule is Cc1ccc(CN(C)Cc2cnc(S(C)(=O)=O)n2CC(C)C)cc1. The molecule has 0 aliphatic carbocycles. The van der Waals surface area contributed by atoms with Gasteiger partial charge in [-0.3, -0.25) is 4.90 Å². The number of hydrogen-bond donors (Lipinski definition) is 0. The smallest absolute Gasteiger partial charge is 0.227 e. The van der Waals surface area contributed by atoms with Gasteiger partial charge in [-0.15, -0.1) is 0 Å². The van der Waals surface area contributed by atoms with Crippen LogP contribution in [0.2, 0.25) is 0 Å². The number of nitrogens with zero attached hydrogens (tertiary/aromatic N) is 3. The molecule has 6 heteroatoms. The van der Waals surface area contributed by atoms with Crippen molar-refractivity contribution in [3.63, 3.8) is 0 Å². The maximum atomic E-state index is 12.0. The first-order chi connectivity index (χ1) is 11.2. The highest BCUT2D eigenvalue weighted by molar-refractivity contribution is 7.90. The zero-order valence-corrected chi connectivity index (χ0v) is 16.0. The summed E-state index contributed by atoms with van der Waals surface area (Å²) in [4.78, 5) is 6.33. The minimum absolute atomic E-state index is 0.162. The van der Waals surface area contributed by atoms with Crippen LogP contribution in [0.5, 0.6) is 0 Å². The van der Waals surface area contributed by atoms with Gasteiger partial charge in [-0.05, 0) is 25.5 Å². The van der Waals surface area contributed by atoms with Crippen molar-refractivity contribution in [3.05, 3.63) is 47.3 Å². The molecule has 0 unspecified atom stereocenters. The van der Waals surface area contributed by atoms with Crippen molar-refractivity contribution in [2.75, 3.05) is 13.3 Å². The summed E-state index contributed by atoms with van der Waals surface area (Å²) in [5, 5.41) is 0.162. The molecule has 0 atom stereocenters. The van der Waals surface area contributed by atoms with E-state index in [1.54, 1.807) is 6.20 Å². The standard InChI is InChI=1S/C18H27N3O2S/c1-14(2)11-21-17(10-19-18(21)24(5,22)23)13-20(4)12-16-8-6-15(3)7-9-16/h6-10,14H,11-13H2,1-5H3. The Morgan fingerprint density at radius 3 is 2.33 bits per heavy atom. The second-order valence-electron chi connectivity index (χ2n) is 6.97. The summed E-state index contributed by atoms with van der Waals surface area (Å²) in [6.07, 6.45) is 2.90. The van der Waals surface area contributed by atoms with Gasteiger partial charge < -0.3 is 4.57 Å². The Hall–Kier alpha value is -1.66. The van der Waals surface area contributed by atoms with Gasteiger partial charge in [-0.25, -0.2) is 13.4 Å². The fraction of sp³-hybridized carbons (Fsp3) is 0.500. The van der Waals surface area contributed by atoms with Crippen LogP contribution in [0.25, 0.3) is 0 Å². The van der Waals surface area contributed by atoms with E-state index in [9.17, 15) is 8.42 Å². The summed E-state index contributed by atoms with van der Waals surface area (Å²) in [7, 11) is -1.29. The molecule has 2 aromatic rings. The Bertz CT molecular complexity index is 777. The second-order valence-corrected chi connectivity index (χ2v) is 8.88. The van der Waals surface area contributed by atoms with E-state index in [1.807, 2.05) is 11.6 Å². The topological polar surface area (TPSA) is 55.2 Å². The number of sulfone groups is 1. The maximum Gasteiger partial charge on any atom is 0.227 e. The highest BCUT2D eigenvalue weighted by Gasteiger charge is 2.20. The molecule has 5 nitrogen and oxygen atoms in total. The van der Waals surface area contributed by atoms with E-state index >= 15 is 0 Å². The molecule has 0 aliphatic heterocycles. The number of imidazole rings is 1. The average molecular weight is 350 g/mol. The highest BCUT2D eigenvalue weighted by Crippen LogP contribution is 2.16. The van der Waals surface area contributed by atoms with Crippen molar-refractivity contribution < 1.29 is 8.42 Å². The van der Waals surface area contributed by atoms with Crippen LogP contribution in [0.15, 0.2) is 35.6 Å². The lowest BCUT2D eigenvalue weighted by Gasteiger charge is -2.19. The first-order valence-electron chi connectivity index (χ1n) is 8.15. The van der Waals surface area contributed by atoms with Gasteiger partial charge in [-0.1, -0.05) is 43.7 Å². The van der Waals surface area contributed by atoms with Gasteiger partial charge >= 0.3 is 0 Å². The van der Waals surface area contributed by atoms with Gasteiger partial charge in [0.05, 0.1) is 11.9 Å². The molecular weight excluding hydrogens is 322 g/mol. The fourth-order valence-corrected chi connectivity index (χ4v) is 3.55. The fourth-order valence-electron chi connectivity index (χ4n) is 2.71. The highest BCUT2D eigenvalue weighted by atomic mass is 32.2. The van der Waals surface area contributed by atoms with Crippen molar-refractivity contribution in [1.82, 2.24) is 14.5 Å². The monoisotopic (exact) mass is 349 g/mol. The Labute approximate surface area is 145 Å². The van der Waals surface area contributed by atoms with Gasteiger partial charge in [-0.2, -0.15) is 0 Å². The lowest BCUT2D eigenvalue weighted by atomic mass is 10.1. The van der Waals surface area contributed by atoms with Crippen LogP contribution >= 0.6 is 0 Å². The lowest BCUT2D eigenvalue weighted by molar-refractivity contribution is 0.304.